The van der Waals surface area contributed by atoms with Crippen LogP contribution in [0.4, 0.5) is 13.2 Å². The van der Waals surface area contributed by atoms with Gasteiger partial charge in [0, 0.05) is 29.6 Å². The molecule has 2 aromatic heterocycles. The van der Waals surface area contributed by atoms with Crippen LogP contribution in [-0.4, -0.2) is 4.98 Å². The molecule has 102 valence electrons. The number of nitrogens with one attached hydrogen (secondary N) is 1. The zero-order valence-corrected chi connectivity index (χ0v) is 10.7. The van der Waals surface area contributed by atoms with Gasteiger partial charge in [0.15, 0.2) is 6.20 Å². The molecule has 0 radical (unpaired) electrons. The third-order valence-electron chi connectivity index (χ3n) is 3.35. The molecule has 2 nitrogen and oxygen atoms in total. The highest BCUT2D eigenvalue weighted by atomic mass is 19.4. The molecule has 1 aromatic carbocycles. The monoisotopic (exact) mass is 277 g/mol. The minimum absolute atomic E-state index is 0.548. The lowest BCUT2D eigenvalue weighted by Gasteiger charge is -2.08. The van der Waals surface area contributed by atoms with Gasteiger partial charge in [-0.25, -0.2) is 4.57 Å². The molecule has 0 atom stereocenters. The molecular weight excluding hydrogens is 265 g/mol. The molecular formula is C15H12F3N2+. The fourth-order valence-corrected chi connectivity index (χ4v) is 2.32. The number of hydrogen-bond acceptors (Lipinski definition) is 0. The van der Waals surface area contributed by atoms with Crippen LogP contribution >= 0.6 is 0 Å². The number of rotatable bonds is 1. The van der Waals surface area contributed by atoms with Crippen LogP contribution in [0.3, 0.4) is 0 Å². The van der Waals surface area contributed by atoms with Crippen molar-refractivity contribution in [2.45, 2.75) is 6.18 Å². The first kappa shape index (κ1) is 12.7. The second-order valence-electron chi connectivity index (χ2n) is 4.65. The summed E-state index contributed by atoms with van der Waals surface area (Å²) in [6, 6.07) is 9.47. The van der Waals surface area contributed by atoms with Gasteiger partial charge in [-0.1, -0.05) is 0 Å². The van der Waals surface area contributed by atoms with E-state index < -0.39 is 11.7 Å². The predicted molar refractivity (Wildman–Crippen MR) is 69.9 cm³/mol. The molecule has 20 heavy (non-hydrogen) atoms. The van der Waals surface area contributed by atoms with Crippen LogP contribution in [0.15, 0.2) is 48.8 Å². The molecule has 0 aliphatic rings. The summed E-state index contributed by atoms with van der Waals surface area (Å²) in [4.78, 5) is 3.08. The second kappa shape index (κ2) is 4.37. The summed E-state index contributed by atoms with van der Waals surface area (Å²) in [7, 11) is 1.74. The fourth-order valence-electron chi connectivity index (χ4n) is 2.32. The Morgan fingerprint density at radius 3 is 2.55 bits per heavy atom. The van der Waals surface area contributed by atoms with Gasteiger partial charge in [-0.2, -0.15) is 13.2 Å². The Bertz CT molecular complexity index is 759. The molecule has 0 saturated heterocycles. The van der Waals surface area contributed by atoms with Crippen molar-refractivity contribution in [3.05, 3.63) is 54.4 Å². The van der Waals surface area contributed by atoms with E-state index >= 15 is 0 Å². The highest BCUT2D eigenvalue weighted by molar-refractivity contribution is 5.92. The molecule has 0 aliphatic carbocycles. The van der Waals surface area contributed by atoms with Crippen molar-refractivity contribution in [2.24, 2.45) is 7.05 Å². The Balaban J connectivity index is 2.29. The molecule has 3 rings (SSSR count). The lowest BCUT2D eigenvalue weighted by molar-refractivity contribution is -0.644. The van der Waals surface area contributed by atoms with E-state index in [2.05, 4.69) is 4.98 Å². The highest BCUT2D eigenvalue weighted by Gasteiger charge is 2.31. The number of aromatic amines is 1. The molecule has 0 bridgehead atoms. The van der Waals surface area contributed by atoms with Gasteiger partial charge < -0.3 is 4.98 Å². The molecule has 0 aliphatic heterocycles. The third kappa shape index (κ3) is 2.05. The maximum atomic E-state index is 12.8. The maximum absolute atomic E-state index is 12.8. The number of fused-ring (bicyclic) bond motifs is 1. The summed E-state index contributed by atoms with van der Waals surface area (Å²) in [5.41, 5.74) is 1.68. The first-order valence-electron chi connectivity index (χ1n) is 6.10. The molecule has 5 heteroatoms. The smallest absolute Gasteiger partial charge is 0.361 e. The molecule has 0 fully saturated rings. The Morgan fingerprint density at radius 2 is 1.90 bits per heavy atom. The zero-order chi connectivity index (χ0) is 14.3. The van der Waals surface area contributed by atoms with Crippen molar-refractivity contribution >= 4 is 10.9 Å². The molecule has 1 N–H and O–H groups in total. The van der Waals surface area contributed by atoms with E-state index in [1.54, 1.807) is 24.0 Å². The van der Waals surface area contributed by atoms with Crippen molar-refractivity contribution in [1.29, 1.82) is 0 Å². The second-order valence-corrected chi connectivity index (χ2v) is 4.65. The van der Waals surface area contributed by atoms with Crippen LogP contribution in [0.2, 0.25) is 0 Å². The van der Waals surface area contributed by atoms with Gasteiger partial charge in [-0.05, 0) is 24.3 Å². The molecule has 2 heterocycles. The summed E-state index contributed by atoms with van der Waals surface area (Å²) in [6.07, 6.45) is -0.777. The fraction of sp³-hybridized carbons (Fsp3) is 0.133. The summed E-state index contributed by atoms with van der Waals surface area (Å²) >= 11 is 0. The summed E-state index contributed by atoms with van der Waals surface area (Å²) < 4.78 is 40.1. The summed E-state index contributed by atoms with van der Waals surface area (Å²) in [5.74, 6) is 0. The quantitative estimate of drug-likeness (QED) is 0.655. The minimum Gasteiger partial charge on any atom is -0.361 e. The van der Waals surface area contributed by atoms with Crippen LogP contribution in [0.1, 0.15) is 5.56 Å². The van der Waals surface area contributed by atoms with Crippen LogP contribution in [0.5, 0.6) is 0 Å². The van der Waals surface area contributed by atoms with Gasteiger partial charge in [0.25, 0.3) is 0 Å². The van der Waals surface area contributed by atoms with Crippen molar-refractivity contribution in [1.82, 2.24) is 4.98 Å². The average molecular weight is 277 g/mol. The highest BCUT2D eigenvalue weighted by Crippen LogP contribution is 2.33. The van der Waals surface area contributed by atoms with Crippen LogP contribution in [0, 0.1) is 0 Å². The van der Waals surface area contributed by atoms with Crippen molar-refractivity contribution in [3.63, 3.8) is 0 Å². The van der Waals surface area contributed by atoms with E-state index in [4.69, 9.17) is 0 Å². The lowest BCUT2D eigenvalue weighted by Crippen LogP contribution is -2.28. The number of nitrogens with zero attached hydrogens (tertiary/aromatic N) is 1. The van der Waals surface area contributed by atoms with Gasteiger partial charge in [0.05, 0.1) is 10.9 Å². The summed E-state index contributed by atoms with van der Waals surface area (Å²) in [5, 5.41) is 0.783. The normalized spacial score (nSPS) is 12.0. The van der Waals surface area contributed by atoms with Gasteiger partial charge >= 0.3 is 6.18 Å². The van der Waals surface area contributed by atoms with E-state index in [-0.39, 0.29) is 0 Å². The number of benzene rings is 1. The van der Waals surface area contributed by atoms with Gasteiger partial charge in [-0.15, -0.1) is 0 Å². The Morgan fingerprint density at radius 1 is 1.10 bits per heavy atom. The van der Waals surface area contributed by atoms with Crippen LogP contribution < -0.4 is 4.57 Å². The Kier molecular flexibility index (Phi) is 2.78. The number of halogens is 3. The van der Waals surface area contributed by atoms with Crippen molar-refractivity contribution in [3.8, 4) is 11.3 Å². The topological polar surface area (TPSA) is 19.7 Å². The number of aromatic nitrogens is 2. The van der Waals surface area contributed by atoms with Crippen molar-refractivity contribution < 1.29 is 17.7 Å². The van der Waals surface area contributed by atoms with E-state index in [0.29, 0.717) is 5.52 Å². The number of pyridine rings is 1. The van der Waals surface area contributed by atoms with E-state index in [9.17, 15) is 13.2 Å². The summed E-state index contributed by atoms with van der Waals surface area (Å²) in [6.45, 7) is 0. The first-order chi connectivity index (χ1) is 9.47. The Hall–Kier alpha value is -2.30. The molecule has 0 amide bonds. The Labute approximate surface area is 113 Å². The number of hydrogen-bond donors (Lipinski definition) is 1. The van der Waals surface area contributed by atoms with Gasteiger partial charge in [0.2, 0.25) is 5.52 Å². The van der Waals surface area contributed by atoms with E-state index in [1.807, 2.05) is 18.2 Å². The molecule has 0 unspecified atom stereocenters. The van der Waals surface area contributed by atoms with Crippen LogP contribution in [-0.2, 0) is 13.2 Å². The standard InChI is InChI=1S/C15H11F3N2/c1-20-8-6-11(13-3-2-7-19-13)12-5-4-10(9-14(12)20)15(16,17)18/h2-9H,1H3/p+1. The molecule has 3 aromatic rings. The lowest BCUT2D eigenvalue weighted by atomic mass is 10.0. The van der Waals surface area contributed by atoms with E-state index in [1.165, 1.54) is 12.1 Å². The first-order valence-corrected chi connectivity index (χ1v) is 6.10. The number of H-pyrrole nitrogens is 1. The number of aryl methyl sites for hydroxylation is 1. The number of alkyl halides is 3. The third-order valence-corrected chi connectivity index (χ3v) is 3.35. The zero-order valence-electron chi connectivity index (χ0n) is 10.7. The molecule has 0 spiro atoms. The SMILES string of the molecule is C[n+]1ccc(-c2ccc[nH]2)c2ccc(C(F)(F)F)cc21. The largest absolute Gasteiger partial charge is 0.416 e. The molecule has 0 saturated carbocycles. The van der Waals surface area contributed by atoms with Gasteiger partial charge in [-0.3, -0.25) is 0 Å². The minimum atomic E-state index is -4.33. The maximum Gasteiger partial charge on any atom is 0.416 e. The van der Waals surface area contributed by atoms with E-state index in [0.717, 1.165) is 22.7 Å². The van der Waals surface area contributed by atoms with Crippen molar-refractivity contribution in [2.75, 3.05) is 0 Å². The van der Waals surface area contributed by atoms with Crippen LogP contribution in [0.25, 0.3) is 22.2 Å². The predicted octanol–water partition coefficient (Wildman–Crippen LogP) is 3.68. The van der Waals surface area contributed by atoms with Gasteiger partial charge in [0.1, 0.15) is 7.05 Å². The average Bonchev–Trinajstić information content (AvgIpc) is 2.91.